The second kappa shape index (κ2) is 7.94. The van der Waals surface area contributed by atoms with Gasteiger partial charge in [-0.15, -0.1) is 0 Å². The van der Waals surface area contributed by atoms with Crippen LogP contribution >= 0.6 is 0 Å². The summed E-state index contributed by atoms with van der Waals surface area (Å²) >= 11 is 0. The number of aldehydes is 1. The van der Waals surface area contributed by atoms with Crippen molar-refractivity contribution in [1.29, 1.82) is 0 Å². The Balaban J connectivity index is 1.81. The van der Waals surface area contributed by atoms with Gasteiger partial charge in [-0.3, -0.25) is 0 Å². The maximum atomic E-state index is 11.7. The van der Waals surface area contributed by atoms with Gasteiger partial charge < -0.3 is 15.6 Å². The molecule has 1 aliphatic rings. The lowest BCUT2D eigenvalue weighted by atomic mass is 9.74. The zero-order chi connectivity index (χ0) is 17.7. The molecule has 132 valence electrons. The first kappa shape index (κ1) is 17.8. The van der Waals surface area contributed by atoms with Gasteiger partial charge in [-0.2, -0.15) is 0 Å². The molecule has 0 bridgehead atoms. The fourth-order valence-corrected chi connectivity index (χ4v) is 3.91. The number of aliphatic hydroxyl groups is 1. The number of carbonyl (C=O) groups excluding carboxylic acids is 1. The Bertz CT molecular complexity index is 704. The molecule has 2 aromatic rings. The molecule has 0 radical (unpaired) electrons. The van der Waals surface area contributed by atoms with Gasteiger partial charge in [0.2, 0.25) is 0 Å². The molecule has 0 spiro atoms. The number of rotatable bonds is 6. The monoisotopic (exact) mass is 337 g/mol. The Hall–Kier alpha value is -1.97. The van der Waals surface area contributed by atoms with E-state index in [-0.39, 0.29) is 5.92 Å². The van der Waals surface area contributed by atoms with Crippen molar-refractivity contribution >= 4 is 6.29 Å². The van der Waals surface area contributed by atoms with Crippen LogP contribution in [0.15, 0.2) is 48.5 Å². The van der Waals surface area contributed by atoms with Crippen LogP contribution < -0.4 is 5.73 Å². The molecule has 0 saturated heterocycles. The Labute approximate surface area is 149 Å². The van der Waals surface area contributed by atoms with E-state index >= 15 is 0 Å². The Morgan fingerprint density at radius 2 is 1.72 bits per heavy atom. The highest BCUT2D eigenvalue weighted by Gasteiger charge is 2.37. The van der Waals surface area contributed by atoms with Crippen LogP contribution in [0.4, 0.5) is 0 Å². The van der Waals surface area contributed by atoms with E-state index in [2.05, 4.69) is 24.3 Å². The summed E-state index contributed by atoms with van der Waals surface area (Å²) in [5, 5.41) is 10.9. The quantitative estimate of drug-likeness (QED) is 0.787. The third-order valence-corrected chi connectivity index (χ3v) is 5.45. The lowest BCUT2D eigenvalue weighted by molar-refractivity contribution is -0.131. The Morgan fingerprint density at radius 1 is 1.00 bits per heavy atom. The van der Waals surface area contributed by atoms with Gasteiger partial charge in [0, 0.05) is 13.0 Å². The van der Waals surface area contributed by atoms with Gasteiger partial charge in [0.25, 0.3) is 0 Å². The van der Waals surface area contributed by atoms with Crippen LogP contribution in [0.3, 0.4) is 0 Å². The highest BCUT2D eigenvalue weighted by atomic mass is 16.3. The van der Waals surface area contributed by atoms with Crippen molar-refractivity contribution < 1.29 is 9.90 Å². The minimum Gasteiger partial charge on any atom is -0.382 e. The zero-order valence-corrected chi connectivity index (χ0v) is 14.7. The fraction of sp³-hybridized carbons (Fsp3) is 0.409. The maximum absolute atomic E-state index is 11.7. The topological polar surface area (TPSA) is 63.3 Å². The molecule has 0 aromatic heterocycles. The average Bonchev–Trinajstić information content (AvgIpc) is 2.69. The number of benzene rings is 2. The molecular formula is C22H27NO2. The van der Waals surface area contributed by atoms with Crippen LogP contribution in [0.1, 0.15) is 43.2 Å². The van der Waals surface area contributed by atoms with Gasteiger partial charge in [0.15, 0.2) is 6.29 Å². The summed E-state index contributed by atoms with van der Waals surface area (Å²) in [5.74, 6) is 0.0752. The van der Waals surface area contributed by atoms with E-state index in [1.165, 1.54) is 6.42 Å². The summed E-state index contributed by atoms with van der Waals surface area (Å²) in [7, 11) is 0. The molecule has 1 aliphatic carbocycles. The van der Waals surface area contributed by atoms with E-state index in [9.17, 15) is 9.90 Å². The first-order valence-corrected chi connectivity index (χ1v) is 9.21. The highest BCUT2D eigenvalue weighted by Crippen LogP contribution is 2.34. The number of hydrogen-bond acceptors (Lipinski definition) is 3. The van der Waals surface area contributed by atoms with Crippen LogP contribution in [0, 0.1) is 5.92 Å². The van der Waals surface area contributed by atoms with Crippen molar-refractivity contribution in [3.05, 3.63) is 59.7 Å². The van der Waals surface area contributed by atoms with E-state index in [0.717, 1.165) is 54.2 Å². The Morgan fingerprint density at radius 3 is 2.36 bits per heavy atom. The number of nitrogens with two attached hydrogens (primary N) is 1. The molecular weight excluding hydrogens is 310 g/mol. The van der Waals surface area contributed by atoms with E-state index < -0.39 is 5.60 Å². The van der Waals surface area contributed by atoms with Crippen LogP contribution in [0.25, 0.3) is 11.1 Å². The minimum atomic E-state index is -1.25. The normalized spacial score (nSPS) is 17.8. The van der Waals surface area contributed by atoms with Crippen molar-refractivity contribution in [2.24, 2.45) is 11.7 Å². The van der Waals surface area contributed by atoms with Crippen molar-refractivity contribution in [2.75, 3.05) is 0 Å². The minimum absolute atomic E-state index is 0.0752. The summed E-state index contributed by atoms with van der Waals surface area (Å²) < 4.78 is 0. The molecule has 1 atom stereocenters. The third-order valence-electron chi connectivity index (χ3n) is 5.45. The number of carbonyl (C=O) groups is 1. The molecule has 3 N–H and O–H groups in total. The van der Waals surface area contributed by atoms with Gasteiger partial charge in [0.1, 0.15) is 5.60 Å². The molecule has 1 unspecified atom stereocenters. The summed E-state index contributed by atoms with van der Waals surface area (Å²) in [6.07, 6.45) is 6.45. The molecule has 3 nitrogen and oxygen atoms in total. The molecule has 25 heavy (non-hydrogen) atoms. The predicted molar refractivity (Wildman–Crippen MR) is 101 cm³/mol. The molecule has 1 saturated carbocycles. The molecule has 3 rings (SSSR count). The largest absolute Gasteiger partial charge is 0.382 e. The molecule has 0 amide bonds. The van der Waals surface area contributed by atoms with Crippen molar-refractivity contribution in [1.82, 2.24) is 0 Å². The van der Waals surface area contributed by atoms with Crippen LogP contribution in [0.2, 0.25) is 0 Å². The maximum Gasteiger partial charge on any atom is 0.152 e. The van der Waals surface area contributed by atoms with Crippen molar-refractivity contribution in [3.63, 3.8) is 0 Å². The molecule has 2 aromatic carbocycles. The fourth-order valence-electron chi connectivity index (χ4n) is 3.91. The standard InChI is InChI=1S/C22H27NO2/c23-15-17-9-11-19(12-10-17)20-6-4-5-18(13-20)14-22(25,16-24)21-7-2-1-3-8-21/h4-6,9-13,16,21,25H,1-3,7-8,14-15,23H2. The van der Waals surface area contributed by atoms with Gasteiger partial charge >= 0.3 is 0 Å². The van der Waals surface area contributed by atoms with Gasteiger partial charge in [-0.25, -0.2) is 0 Å². The van der Waals surface area contributed by atoms with E-state index in [0.29, 0.717) is 13.0 Å². The van der Waals surface area contributed by atoms with E-state index in [1.54, 1.807) is 0 Å². The molecule has 0 aliphatic heterocycles. The predicted octanol–water partition coefficient (Wildman–Crippen LogP) is 3.87. The smallest absolute Gasteiger partial charge is 0.152 e. The van der Waals surface area contributed by atoms with Gasteiger partial charge in [-0.1, -0.05) is 67.8 Å². The lowest BCUT2D eigenvalue weighted by Crippen LogP contribution is -2.42. The van der Waals surface area contributed by atoms with E-state index in [1.807, 2.05) is 24.3 Å². The first-order valence-electron chi connectivity index (χ1n) is 9.21. The molecule has 1 fully saturated rings. The summed E-state index contributed by atoms with van der Waals surface area (Å²) in [4.78, 5) is 11.7. The SMILES string of the molecule is NCc1ccc(-c2cccc(CC(O)(C=O)C3CCCCC3)c2)cc1. The Kier molecular flexibility index (Phi) is 5.67. The second-order valence-electron chi connectivity index (χ2n) is 7.22. The number of hydrogen-bond donors (Lipinski definition) is 2. The van der Waals surface area contributed by atoms with Crippen molar-refractivity contribution in [2.45, 2.75) is 50.7 Å². The highest BCUT2D eigenvalue weighted by molar-refractivity contribution is 5.66. The summed E-state index contributed by atoms with van der Waals surface area (Å²) in [6, 6.07) is 16.3. The summed E-state index contributed by atoms with van der Waals surface area (Å²) in [5.41, 5.74) is 8.73. The van der Waals surface area contributed by atoms with Gasteiger partial charge in [0.05, 0.1) is 0 Å². The van der Waals surface area contributed by atoms with Crippen molar-refractivity contribution in [3.8, 4) is 11.1 Å². The zero-order valence-electron chi connectivity index (χ0n) is 14.7. The van der Waals surface area contributed by atoms with Gasteiger partial charge in [-0.05, 0) is 41.0 Å². The summed E-state index contributed by atoms with van der Waals surface area (Å²) in [6.45, 7) is 0.536. The molecule has 3 heteroatoms. The van der Waals surface area contributed by atoms with E-state index in [4.69, 9.17) is 5.73 Å². The second-order valence-corrected chi connectivity index (χ2v) is 7.22. The van der Waals surface area contributed by atoms with Crippen LogP contribution in [0.5, 0.6) is 0 Å². The lowest BCUT2D eigenvalue weighted by Gasteiger charge is -2.34. The average molecular weight is 337 g/mol. The first-order chi connectivity index (χ1) is 12.1. The van der Waals surface area contributed by atoms with Crippen LogP contribution in [-0.4, -0.2) is 17.0 Å². The molecule has 0 heterocycles. The third kappa shape index (κ3) is 4.17. The van der Waals surface area contributed by atoms with Crippen LogP contribution in [-0.2, 0) is 17.8 Å².